The van der Waals surface area contributed by atoms with Crippen molar-refractivity contribution in [3.63, 3.8) is 0 Å². The van der Waals surface area contributed by atoms with E-state index >= 15 is 0 Å². The van der Waals surface area contributed by atoms with Crippen LogP contribution in [-0.4, -0.2) is 13.4 Å². The molecule has 0 saturated carbocycles. The highest BCUT2D eigenvalue weighted by Gasteiger charge is 2.46. The maximum Gasteiger partial charge on any atom is 0.416 e. The molecule has 0 unspecified atom stereocenters. The van der Waals surface area contributed by atoms with Crippen LogP contribution in [0.3, 0.4) is 0 Å². The van der Waals surface area contributed by atoms with Crippen LogP contribution in [0.15, 0.2) is 97.1 Å². The first-order chi connectivity index (χ1) is 25.9. The van der Waals surface area contributed by atoms with E-state index in [1.807, 2.05) is 62.4 Å². The van der Waals surface area contributed by atoms with Gasteiger partial charge in [0.1, 0.15) is 23.0 Å². The van der Waals surface area contributed by atoms with Crippen molar-refractivity contribution in [2.24, 2.45) is 0 Å². The van der Waals surface area contributed by atoms with Gasteiger partial charge < -0.3 is 9.47 Å². The summed E-state index contributed by atoms with van der Waals surface area (Å²) in [5.74, 6) is 1.39. The van der Waals surface area contributed by atoms with Gasteiger partial charge in [0.05, 0.1) is 11.1 Å². The number of fused-ring (bicyclic) bond motifs is 8. The molecule has 4 heterocycles. The molecule has 0 atom stereocenters. The number of hydrogen-bond donors (Lipinski definition) is 0. The second-order valence-electron chi connectivity index (χ2n) is 15.0. The van der Waals surface area contributed by atoms with Crippen LogP contribution < -0.4 is 42.3 Å². The Balaban J connectivity index is 1.29. The summed E-state index contributed by atoms with van der Waals surface area (Å²) >= 11 is 0. The summed E-state index contributed by atoms with van der Waals surface area (Å²) in [7, 11) is 0. The first-order valence-corrected chi connectivity index (χ1v) is 17.7. The summed E-state index contributed by atoms with van der Waals surface area (Å²) in [4.78, 5) is 0. The highest BCUT2D eigenvalue weighted by atomic mass is 19.4. The smallest absolute Gasteiger partial charge is 0.416 e. The minimum atomic E-state index is -4.61. The summed E-state index contributed by atoms with van der Waals surface area (Å²) in [6.45, 7) is 3.15. The predicted molar refractivity (Wildman–Crippen MR) is 203 cm³/mol. The van der Waals surface area contributed by atoms with Crippen molar-refractivity contribution in [2.45, 2.75) is 26.2 Å². The van der Waals surface area contributed by atoms with Crippen molar-refractivity contribution in [3.05, 3.63) is 119 Å². The molecule has 12 rings (SSSR count). The number of halogens is 6. The molecule has 0 saturated heterocycles. The van der Waals surface area contributed by atoms with Gasteiger partial charge in [-0.1, -0.05) is 71.6 Å². The average Bonchev–Trinajstić information content (AvgIpc) is 3.14. The van der Waals surface area contributed by atoms with E-state index in [4.69, 9.17) is 9.47 Å². The first kappa shape index (κ1) is 30.6. The molecule has 8 aromatic carbocycles. The standard InChI is InChI=1S/C44H22B2F6O2/c1-19-11-25-27-13-21(43(47,48)49)15-35-41(27)46(30-8-4-6-10-34(30)53-35)32-18-24-20(2)12-26-28-14-22(44(50,51)52)16-36-42(28)45(29-7-3-5-9-33(29)54-36)31-17-23(19)39(37(25)32)40(24)38(26)31/h3-18H,1-2H3. The van der Waals surface area contributed by atoms with Crippen molar-refractivity contribution in [1.82, 2.24) is 0 Å². The lowest BCUT2D eigenvalue weighted by atomic mass is 9.32. The number of rotatable bonds is 0. The number of benzene rings is 8. The van der Waals surface area contributed by atoms with E-state index in [2.05, 4.69) is 12.1 Å². The number of ether oxygens (including phenoxy) is 2. The van der Waals surface area contributed by atoms with Gasteiger partial charge in [-0.25, -0.2) is 0 Å². The normalized spacial score (nSPS) is 14.5. The summed E-state index contributed by atoms with van der Waals surface area (Å²) in [6.07, 6.45) is -9.22. The van der Waals surface area contributed by atoms with Crippen LogP contribution in [0.4, 0.5) is 26.3 Å². The zero-order valence-electron chi connectivity index (χ0n) is 28.5. The second kappa shape index (κ2) is 9.61. The molecule has 0 N–H and O–H groups in total. The first-order valence-electron chi connectivity index (χ1n) is 17.7. The van der Waals surface area contributed by atoms with Gasteiger partial charge in [-0.15, -0.1) is 0 Å². The Bertz CT molecular complexity index is 2870. The fourth-order valence-corrected chi connectivity index (χ4v) is 10.1. The lowest BCUT2D eigenvalue weighted by Crippen LogP contribution is -2.58. The molecule has 0 aliphatic carbocycles. The Morgan fingerprint density at radius 1 is 0.426 bits per heavy atom. The Labute approximate surface area is 304 Å². The maximum absolute atomic E-state index is 14.6. The van der Waals surface area contributed by atoms with Crippen LogP contribution >= 0.6 is 0 Å². The molecule has 54 heavy (non-hydrogen) atoms. The zero-order valence-corrected chi connectivity index (χ0v) is 28.5. The lowest BCUT2D eigenvalue weighted by Gasteiger charge is -2.37. The quantitative estimate of drug-likeness (QED) is 0.0891. The van der Waals surface area contributed by atoms with Crippen molar-refractivity contribution in [3.8, 4) is 45.3 Å². The molecule has 2 nitrogen and oxygen atoms in total. The average molecular weight is 718 g/mol. The Hall–Kier alpha value is -5.89. The summed E-state index contributed by atoms with van der Waals surface area (Å²) in [5.41, 5.74) is 7.57. The maximum atomic E-state index is 14.6. The van der Waals surface area contributed by atoms with Crippen LogP contribution in [0.25, 0.3) is 54.6 Å². The molecule has 258 valence electrons. The summed E-state index contributed by atoms with van der Waals surface area (Å²) < 4.78 is 99.8. The van der Waals surface area contributed by atoms with E-state index in [0.29, 0.717) is 44.7 Å². The highest BCUT2D eigenvalue weighted by molar-refractivity contribution is 7.01. The van der Waals surface area contributed by atoms with E-state index in [1.54, 1.807) is 12.1 Å². The second-order valence-corrected chi connectivity index (χ2v) is 15.0. The van der Waals surface area contributed by atoms with Crippen molar-refractivity contribution >= 4 is 78.5 Å². The van der Waals surface area contributed by atoms with Gasteiger partial charge in [-0.2, -0.15) is 26.3 Å². The van der Waals surface area contributed by atoms with Crippen LogP contribution in [0.1, 0.15) is 22.3 Å². The minimum Gasteiger partial charge on any atom is -0.458 e. The number of aryl methyl sites for hydroxylation is 2. The molecular formula is C44H22B2F6O2. The molecule has 0 bridgehead atoms. The van der Waals surface area contributed by atoms with E-state index in [-0.39, 0.29) is 11.5 Å². The summed E-state index contributed by atoms with van der Waals surface area (Å²) in [6, 6.07) is 28.0. The molecule has 4 aliphatic rings. The highest BCUT2D eigenvalue weighted by Crippen LogP contribution is 2.49. The van der Waals surface area contributed by atoms with Gasteiger partial charge in [0.15, 0.2) is 0 Å². The molecule has 0 amide bonds. The third-order valence-corrected chi connectivity index (χ3v) is 12.2. The predicted octanol–water partition coefficient (Wildman–Crippen LogP) is 8.44. The Morgan fingerprint density at radius 2 is 0.833 bits per heavy atom. The van der Waals surface area contributed by atoms with Crippen molar-refractivity contribution in [2.75, 3.05) is 0 Å². The Morgan fingerprint density at radius 3 is 1.24 bits per heavy atom. The van der Waals surface area contributed by atoms with E-state index in [0.717, 1.165) is 77.4 Å². The third-order valence-electron chi connectivity index (χ3n) is 12.2. The molecule has 0 fully saturated rings. The number of para-hydroxylation sites is 2. The van der Waals surface area contributed by atoms with Crippen LogP contribution in [0.2, 0.25) is 0 Å². The molecule has 8 aromatic rings. The van der Waals surface area contributed by atoms with Gasteiger partial charge in [0.25, 0.3) is 13.4 Å². The van der Waals surface area contributed by atoms with Gasteiger partial charge >= 0.3 is 12.4 Å². The third kappa shape index (κ3) is 3.66. The lowest BCUT2D eigenvalue weighted by molar-refractivity contribution is -0.138. The van der Waals surface area contributed by atoms with E-state index < -0.39 is 36.9 Å². The van der Waals surface area contributed by atoms with Gasteiger partial charge in [0.2, 0.25) is 0 Å². The SMILES string of the molecule is Cc1cc2c3c(cc4c(C)cc5c6c(cc1c3c46)B1c3ccccc3Oc3cc(C(F)(F)F)cc-5c31)B1c3ccccc3Oc3cc(C(F)(F)F)cc-2c31. The van der Waals surface area contributed by atoms with Gasteiger partial charge in [-0.3, -0.25) is 0 Å². The van der Waals surface area contributed by atoms with Gasteiger partial charge in [-0.05, 0) is 138 Å². The zero-order chi connectivity index (χ0) is 36.7. The fraction of sp³-hybridized carbons (Fsp3) is 0.0909. The molecular weight excluding hydrogens is 696 g/mol. The largest absolute Gasteiger partial charge is 0.458 e. The molecule has 0 radical (unpaired) electrons. The molecule has 10 heteroatoms. The van der Waals surface area contributed by atoms with E-state index in [1.165, 1.54) is 12.1 Å². The van der Waals surface area contributed by atoms with Crippen molar-refractivity contribution in [1.29, 1.82) is 0 Å². The Kier molecular flexibility index (Phi) is 5.44. The van der Waals surface area contributed by atoms with Crippen LogP contribution in [0, 0.1) is 13.8 Å². The minimum absolute atomic E-state index is 0.187. The number of hydrogen-bond acceptors (Lipinski definition) is 2. The fourth-order valence-electron chi connectivity index (χ4n) is 10.1. The molecule has 0 aromatic heterocycles. The topological polar surface area (TPSA) is 18.5 Å². The van der Waals surface area contributed by atoms with Crippen molar-refractivity contribution < 1.29 is 35.8 Å². The van der Waals surface area contributed by atoms with Crippen LogP contribution in [0.5, 0.6) is 23.0 Å². The van der Waals surface area contributed by atoms with Crippen LogP contribution in [-0.2, 0) is 12.4 Å². The molecule has 4 aliphatic heterocycles. The van der Waals surface area contributed by atoms with Gasteiger partial charge in [0, 0.05) is 0 Å². The summed E-state index contributed by atoms with van der Waals surface area (Å²) in [5, 5.41) is 5.44. The number of alkyl halides is 6. The van der Waals surface area contributed by atoms with E-state index in [9.17, 15) is 26.3 Å². The molecule has 0 spiro atoms. The monoisotopic (exact) mass is 718 g/mol.